The van der Waals surface area contributed by atoms with E-state index in [0.717, 1.165) is 16.6 Å². The Morgan fingerprint density at radius 3 is 2.89 bits per heavy atom. The Morgan fingerprint density at radius 2 is 2.28 bits per heavy atom. The average Bonchev–Trinajstić information content (AvgIpc) is 2.72. The minimum absolute atomic E-state index is 0.0120. The molecule has 2 N–H and O–H groups in total. The van der Waals surface area contributed by atoms with Crippen molar-refractivity contribution >= 4 is 28.3 Å². The number of aliphatic imine (C=N–C) groups is 1. The molecule has 1 fully saturated rings. The van der Waals surface area contributed by atoms with E-state index in [-0.39, 0.29) is 10.3 Å². The smallest absolute Gasteiger partial charge is 0.304 e. The first-order valence-electron chi connectivity index (χ1n) is 6.05. The van der Waals surface area contributed by atoms with E-state index in [2.05, 4.69) is 36.1 Å². The lowest BCUT2D eigenvalue weighted by Gasteiger charge is -2.35. The number of aromatic amines is 1. The Bertz CT molecular complexity index is 484. The number of hydrogen-bond acceptors (Lipinski definition) is 4. The number of thiazole rings is 1. The molecule has 1 unspecified atom stereocenters. The third-order valence-corrected chi connectivity index (χ3v) is 4.63. The van der Waals surface area contributed by atoms with Crippen LogP contribution in [0.25, 0.3) is 0 Å². The molecule has 0 aromatic carbocycles. The zero-order valence-electron chi connectivity index (χ0n) is 10.9. The highest BCUT2D eigenvalue weighted by atomic mass is 32.2. The van der Waals surface area contributed by atoms with Gasteiger partial charge in [0.15, 0.2) is 5.17 Å². The van der Waals surface area contributed by atoms with Crippen LogP contribution in [-0.4, -0.2) is 21.9 Å². The molecule has 1 saturated heterocycles. The van der Waals surface area contributed by atoms with Crippen molar-refractivity contribution in [2.75, 3.05) is 5.75 Å². The van der Waals surface area contributed by atoms with Gasteiger partial charge in [0.2, 0.25) is 0 Å². The van der Waals surface area contributed by atoms with E-state index in [1.54, 1.807) is 11.8 Å². The molecule has 0 bridgehead atoms. The van der Waals surface area contributed by atoms with Gasteiger partial charge < -0.3 is 10.3 Å². The first-order chi connectivity index (χ1) is 8.45. The Labute approximate surface area is 115 Å². The number of rotatable bonds is 2. The van der Waals surface area contributed by atoms with Gasteiger partial charge in [0.05, 0.1) is 12.2 Å². The molecule has 0 saturated carbocycles. The molecule has 100 valence electrons. The molecule has 1 atom stereocenters. The predicted octanol–water partition coefficient (Wildman–Crippen LogP) is 2.43. The fourth-order valence-electron chi connectivity index (χ4n) is 1.83. The first-order valence-corrected chi connectivity index (χ1v) is 7.92. The molecule has 0 spiro atoms. The maximum absolute atomic E-state index is 11.0. The van der Waals surface area contributed by atoms with Gasteiger partial charge in [-0.05, 0) is 11.8 Å². The van der Waals surface area contributed by atoms with Crippen molar-refractivity contribution in [3.8, 4) is 0 Å². The highest BCUT2D eigenvalue weighted by Crippen LogP contribution is 2.27. The summed E-state index contributed by atoms with van der Waals surface area (Å²) in [6.45, 7) is 7.28. The van der Waals surface area contributed by atoms with Crippen LogP contribution in [0.3, 0.4) is 0 Å². The summed E-state index contributed by atoms with van der Waals surface area (Å²) in [6.07, 6.45) is 1.17. The molecule has 2 rings (SSSR count). The van der Waals surface area contributed by atoms with Crippen LogP contribution in [0.15, 0.2) is 15.2 Å². The van der Waals surface area contributed by atoms with Gasteiger partial charge in [0.1, 0.15) is 0 Å². The standard InChI is InChI=1S/C12H19N3OS2/c1-12(2,3)9-4-5-17-10(15-9)13-6-8-7-18-11(16)14-8/h7,9H,4-6H2,1-3H3,(H,13,15)(H,14,16). The molecule has 0 amide bonds. The van der Waals surface area contributed by atoms with Crippen LogP contribution >= 0.6 is 23.1 Å². The molecule has 1 aromatic rings. The molecule has 6 heteroatoms. The van der Waals surface area contributed by atoms with E-state index in [9.17, 15) is 4.79 Å². The highest BCUT2D eigenvalue weighted by Gasteiger charge is 2.28. The zero-order chi connectivity index (χ0) is 13.2. The molecule has 0 radical (unpaired) electrons. The van der Waals surface area contributed by atoms with Crippen molar-refractivity contribution in [2.45, 2.75) is 39.8 Å². The van der Waals surface area contributed by atoms with Crippen molar-refractivity contribution in [3.05, 3.63) is 20.7 Å². The quantitative estimate of drug-likeness (QED) is 0.877. The first kappa shape index (κ1) is 13.7. The van der Waals surface area contributed by atoms with Gasteiger partial charge in [0.25, 0.3) is 0 Å². The second-order valence-electron chi connectivity index (χ2n) is 5.49. The van der Waals surface area contributed by atoms with E-state index in [1.165, 1.54) is 17.8 Å². The molecule has 1 aromatic heterocycles. The topological polar surface area (TPSA) is 57.2 Å². The largest absolute Gasteiger partial charge is 0.362 e. The van der Waals surface area contributed by atoms with Crippen LogP contribution in [0, 0.1) is 5.41 Å². The van der Waals surface area contributed by atoms with Crippen LogP contribution in [0.2, 0.25) is 0 Å². The van der Waals surface area contributed by atoms with Gasteiger partial charge in [-0.3, -0.25) is 9.79 Å². The van der Waals surface area contributed by atoms with Crippen LogP contribution in [0.1, 0.15) is 32.9 Å². The van der Waals surface area contributed by atoms with Gasteiger partial charge in [0, 0.05) is 17.2 Å². The maximum atomic E-state index is 11.0. The minimum Gasteiger partial charge on any atom is -0.362 e. The Morgan fingerprint density at radius 1 is 1.50 bits per heavy atom. The summed E-state index contributed by atoms with van der Waals surface area (Å²) in [6, 6.07) is 0.471. The summed E-state index contributed by atoms with van der Waals surface area (Å²) in [7, 11) is 0. The number of nitrogens with one attached hydrogen (secondary N) is 2. The summed E-state index contributed by atoms with van der Waals surface area (Å²) < 4.78 is 0. The number of nitrogens with zero attached hydrogens (tertiary/aromatic N) is 1. The summed E-state index contributed by atoms with van der Waals surface area (Å²) in [5.41, 5.74) is 1.14. The van der Waals surface area contributed by atoms with Crippen LogP contribution in [0.5, 0.6) is 0 Å². The number of aromatic nitrogens is 1. The van der Waals surface area contributed by atoms with Gasteiger partial charge in [-0.25, -0.2) is 0 Å². The lowest BCUT2D eigenvalue weighted by atomic mass is 9.85. The summed E-state index contributed by atoms with van der Waals surface area (Å²) >= 11 is 2.95. The van der Waals surface area contributed by atoms with Crippen molar-refractivity contribution in [1.29, 1.82) is 0 Å². The van der Waals surface area contributed by atoms with E-state index in [4.69, 9.17) is 0 Å². The van der Waals surface area contributed by atoms with E-state index in [1.807, 2.05) is 5.38 Å². The minimum atomic E-state index is -0.0120. The van der Waals surface area contributed by atoms with E-state index in [0.29, 0.717) is 12.6 Å². The molecule has 0 aliphatic carbocycles. The predicted molar refractivity (Wildman–Crippen MR) is 79.5 cm³/mol. The fraction of sp³-hybridized carbons (Fsp3) is 0.667. The normalized spacial score (nSPS) is 23.1. The summed E-state index contributed by atoms with van der Waals surface area (Å²) in [5, 5.41) is 6.32. The zero-order valence-corrected chi connectivity index (χ0v) is 12.6. The average molecular weight is 285 g/mol. The van der Waals surface area contributed by atoms with Crippen molar-refractivity contribution in [1.82, 2.24) is 10.3 Å². The Balaban J connectivity index is 1.98. The second-order valence-corrected chi connectivity index (χ2v) is 7.42. The highest BCUT2D eigenvalue weighted by molar-refractivity contribution is 8.13. The SMILES string of the molecule is CC(C)(C)C1CCSC(=NCc2csc(=O)[nH]2)N1. The van der Waals surface area contributed by atoms with Crippen molar-refractivity contribution in [3.63, 3.8) is 0 Å². The number of hydrogen-bond donors (Lipinski definition) is 2. The molecule has 2 heterocycles. The molecule has 4 nitrogen and oxygen atoms in total. The Hall–Kier alpha value is -0.750. The monoisotopic (exact) mass is 285 g/mol. The third kappa shape index (κ3) is 3.62. The number of H-pyrrole nitrogens is 1. The summed E-state index contributed by atoms with van der Waals surface area (Å²) in [5.74, 6) is 1.11. The van der Waals surface area contributed by atoms with E-state index >= 15 is 0 Å². The van der Waals surface area contributed by atoms with Gasteiger partial charge in [-0.15, -0.1) is 0 Å². The molecule has 18 heavy (non-hydrogen) atoms. The van der Waals surface area contributed by atoms with Crippen LogP contribution in [0.4, 0.5) is 0 Å². The molecule has 1 aliphatic rings. The van der Waals surface area contributed by atoms with Crippen LogP contribution in [-0.2, 0) is 6.54 Å². The maximum Gasteiger partial charge on any atom is 0.304 e. The van der Waals surface area contributed by atoms with Gasteiger partial charge in [-0.2, -0.15) is 0 Å². The van der Waals surface area contributed by atoms with Crippen molar-refractivity contribution in [2.24, 2.45) is 10.4 Å². The lowest BCUT2D eigenvalue weighted by Crippen LogP contribution is -2.46. The third-order valence-electron chi connectivity index (χ3n) is 2.95. The Kier molecular flexibility index (Phi) is 4.17. The molecular formula is C12H19N3OS2. The lowest BCUT2D eigenvalue weighted by molar-refractivity contribution is 0.290. The fourth-order valence-corrected chi connectivity index (χ4v) is 3.33. The number of thioether (sulfide) groups is 1. The van der Waals surface area contributed by atoms with Crippen LogP contribution < -0.4 is 10.2 Å². The van der Waals surface area contributed by atoms with Crippen molar-refractivity contribution < 1.29 is 0 Å². The molecule has 1 aliphatic heterocycles. The number of amidine groups is 1. The van der Waals surface area contributed by atoms with E-state index < -0.39 is 0 Å². The second kappa shape index (κ2) is 5.48. The van der Waals surface area contributed by atoms with Gasteiger partial charge >= 0.3 is 4.87 Å². The molecular weight excluding hydrogens is 266 g/mol. The van der Waals surface area contributed by atoms with Gasteiger partial charge in [-0.1, -0.05) is 43.9 Å². The summed E-state index contributed by atoms with van der Waals surface area (Å²) in [4.78, 5) is 18.3.